The highest BCUT2D eigenvalue weighted by Gasteiger charge is 2.17. The molecule has 3 aromatic rings. The quantitative estimate of drug-likeness (QED) is 0.519. The number of nitrogens with one attached hydrogen (secondary N) is 2. The molecule has 0 fully saturated rings. The Morgan fingerprint density at radius 2 is 1.97 bits per heavy atom. The van der Waals surface area contributed by atoms with Crippen LogP contribution < -0.4 is 10.6 Å². The largest absolute Gasteiger partial charge is 0.416 e. The molecular weight excluding hydrogens is 394 g/mol. The number of aromatic nitrogens is 2. The maximum atomic E-state index is 14.6. The van der Waals surface area contributed by atoms with Crippen LogP contribution in [0.5, 0.6) is 0 Å². The Labute approximate surface area is 171 Å². The molecule has 2 heterocycles. The molecule has 0 atom stereocenters. The van der Waals surface area contributed by atoms with Crippen LogP contribution >= 0.6 is 0 Å². The SMILES string of the molecule is C=C(C)OC(=O)Nc1cc(-c2cc3cnc(NCCO)cc3nc2C)c(F)cc1F. The average Bonchev–Trinajstić information content (AvgIpc) is 2.67. The number of aliphatic hydroxyl groups excluding tert-OH is 1. The van der Waals surface area contributed by atoms with Gasteiger partial charge in [0.15, 0.2) is 0 Å². The molecule has 0 saturated carbocycles. The number of carbonyl (C=O) groups is 1. The Morgan fingerprint density at radius 1 is 1.20 bits per heavy atom. The van der Waals surface area contributed by atoms with Gasteiger partial charge in [0.25, 0.3) is 0 Å². The van der Waals surface area contributed by atoms with E-state index in [2.05, 4.69) is 27.2 Å². The second-order valence-corrected chi connectivity index (χ2v) is 6.56. The van der Waals surface area contributed by atoms with Gasteiger partial charge in [0.05, 0.1) is 23.6 Å². The number of benzene rings is 1. The van der Waals surface area contributed by atoms with Crippen molar-refractivity contribution in [1.82, 2.24) is 9.97 Å². The zero-order valence-electron chi connectivity index (χ0n) is 16.4. The number of carbonyl (C=O) groups excluding carboxylic acids is 1. The predicted molar refractivity (Wildman–Crippen MR) is 110 cm³/mol. The third kappa shape index (κ3) is 4.69. The van der Waals surface area contributed by atoms with Crippen LogP contribution in [0.2, 0.25) is 0 Å². The van der Waals surface area contributed by atoms with Gasteiger partial charge in [-0.15, -0.1) is 0 Å². The monoisotopic (exact) mass is 414 g/mol. The van der Waals surface area contributed by atoms with E-state index < -0.39 is 17.7 Å². The molecule has 1 amide bonds. The number of halogens is 2. The highest BCUT2D eigenvalue weighted by atomic mass is 19.1. The first-order valence-electron chi connectivity index (χ1n) is 9.04. The van der Waals surface area contributed by atoms with Crippen LogP contribution in [0.3, 0.4) is 0 Å². The number of rotatable bonds is 6. The molecule has 0 spiro atoms. The number of amides is 1. The van der Waals surface area contributed by atoms with Crippen molar-refractivity contribution in [2.75, 3.05) is 23.8 Å². The summed E-state index contributed by atoms with van der Waals surface area (Å²) in [5, 5.41) is 14.7. The summed E-state index contributed by atoms with van der Waals surface area (Å²) in [6.07, 6.45) is 0.634. The molecular formula is C21H20F2N4O3. The minimum Gasteiger partial charge on any atom is -0.416 e. The van der Waals surface area contributed by atoms with Crippen molar-refractivity contribution in [3.05, 3.63) is 60.1 Å². The lowest BCUT2D eigenvalue weighted by molar-refractivity contribution is 0.192. The van der Waals surface area contributed by atoms with E-state index in [1.165, 1.54) is 13.0 Å². The van der Waals surface area contributed by atoms with Crippen LogP contribution in [0.15, 0.2) is 42.8 Å². The van der Waals surface area contributed by atoms with E-state index in [4.69, 9.17) is 9.84 Å². The summed E-state index contributed by atoms with van der Waals surface area (Å²) < 4.78 is 33.5. The fourth-order valence-corrected chi connectivity index (χ4v) is 2.86. The second-order valence-electron chi connectivity index (χ2n) is 6.56. The molecule has 3 N–H and O–H groups in total. The molecule has 2 aromatic heterocycles. The molecule has 1 aromatic carbocycles. The Balaban J connectivity index is 2.01. The molecule has 0 bridgehead atoms. The zero-order valence-corrected chi connectivity index (χ0v) is 16.4. The third-order valence-electron chi connectivity index (χ3n) is 4.16. The fourth-order valence-electron chi connectivity index (χ4n) is 2.86. The average molecular weight is 414 g/mol. The molecule has 9 heteroatoms. The summed E-state index contributed by atoms with van der Waals surface area (Å²) in [5.74, 6) is -1.07. The predicted octanol–water partition coefficient (Wildman–Crippen LogP) is 4.37. The van der Waals surface area contributed by atoms with E-state index in [0.29, 0.717) is 40.6 Å². The molecule has 3 rings (SSSR count). The number of hydrogen-bond donors (Lipinski definition) is 3. The van der Waals surface area contributed by atoms with Crippen LogP contribution in [-0.4, -0.2) is 34.3 Å². The van der Waals surface area contributed by atoms with Crippen molar-refractivity contribution in [3.63, 3.8) is 0 Å². The Bertz CT molecular complexity index is 1130. The van der Waals surface area contributed by atoms with E-state index in [-0.39, 0.29) is 23.6 Å². The number of aliphatic hydroxyl groups is 1. The van der Waals surface area contributed by atoms with Crippen LogP contribution in [0.25, 0.3) is 22.0 Å². The molecule has 0 aliphatic carbocycles. The molecule has 30 heavy (non-hydrogen) atoms. The number of nitrogens with zero attached hydrogens (tertiary/aromatic N) is 2. The smallest absolute Gasteiger partial charge is 0.416 e. The Kier molecular flexibility index (Phi) is 6.22. The van der Waals surface area contributed by atoms with Gasteiger partial charge in [-0.05, 0) is 26.0 Å². The summed E-state index contributed by atoms with van der Waals surface area (Å²) in [6, 6.07) is 5.27. The number of pyridine rings is 2. The first-order chi connectivity index (χ1) is 14.3. The van der Waals surface area contributed by atoms with Crippen LogP contribution in [0.4, 0.5) is 25.1 Å². The Morgan fingerprint density at radius 3 is 2.67 bits per heavy atom. The van der Waals surface area contributed by atoms with Gasteiger partial charge in [0, 0.05) is 47.1 Å². The van der Waals surface area contributed by atoms with E-state index >= 15 is 0 Å². The topological polar surface area (TPSA) is 96.4 Å². The summed E-state index contributed by atoms with van der Waals surface area (Å²) >= 11 is 0. The normalized spacial score (nSPS) is 10.7. The number of ether oxygens (including phenoxy) is 1. The van der Waals surface area contributed by atoms with Crippen molar-refractivity contribution in [2.24, 2.45) is 0 Å². The second kappa shape index (κ2) is 8.83. The van der Waals surface area contributed by atoms with Crippen molar-refractivity contribution in [2.45, 2.75) is 13.8 Å². The molecule has 0 saturated heterocycles. The van der Waals surface area contributed by atoms with Crippen molar-refractivity contribution in [3.8, 4) is 11.1 Å². The highest BCUT2D eigenvalue weighted by molar-refractivity contribution is 5.89. The van der Waals surface area contributed by atoms with Gasteiger partial charge in [0.1, 0.15) is 17.5 Å². The first kappa shape index (κ1) is 21.1. The van der Waals surface area contributed by atoms with Gasteiger partial charge in [-0.1, -0.05) is 6.58 Å². The standard InChI is InChI=1S/C21H20F2N4O3/c1-11(2)30-21(29)27-19-7-15(16(22)8-17(19)23)14-6-13-10-25-20(24-4-5-28)9-18(13)26-12(14)3/h6-10,28H,1,4-5H2,2-3H3,(H,24,25)(H,27,29). The maximum absolute atomic E-state index is 14.6. The van der Waals surface area contributed by atoms with Gasteiger partial charge in [-0.25, -0.2) is 18.6 Å². The van der Waals surface area contributed by atoms with E-state index in [1.807, 2.05) is 0 Å². The van der Waals surface area contributed by atoms with Crippen LogP contribution in [-0.2, 0) is 4.74 Å². The third-order valence-corrected chi connectivity index (χ3v) is 4.16. The molecule has 0 unspecified atom stereocenters. The highest BCUT2D eigenvalue weighted by Crippen LogP contribution is 2.32. The number of aryl methyl sites for hydroxylation is 1. The Hall–Kier alpha value is -3.59. The number of anilines is 2. The number of fused-ring (bicyclic) bond motifs is 1. The summed E-state index contributed by atoms with van der Waals surface area (Å²) in [5.41, 5.74) is 1.38. The molecule has 0 radical (unpaired) electrons. The van der Waals surface area contributed by atoms with Gasteiger partial charge >= 0.3 is 6.09 Å². The fraction of sp³-hybridized carbons (Fsp3) is 0.190. The summed E-state index contributed by atoms with van der Waals surface area (Å²) in [7, 11) is 0. The van der Waals surface area contributed by atoms with Crippen molar-refractivity contribution < 1.29 is 23.4 Å². The van der Waals surface area contributed by atoms with Crippen LogP contribution in [0, 0.1) is 18.6 Å². The molecule has 156 valence electrons. The van der Waals surface area contributed by atoms with E-state index in [1.54, 1.807) is 25.3 Å². The van der Waals surface area contributed by atoms with Crippen molar-refractivity contribution >= 4 is 28.5 Å². The number of hydrogen-bond acceptors (Lipinski definition) is 6. The van der Waals surface area contributed by atoms with Gasteiger partial charge in [0.2, 0.25) is 0 Å². The lowest BCUT2D eigenvalue weighted by atomic mass is 10.0. The van der Waals surface area contributed by atoms with E-state index in [0.717, 1.165) is 0 Å². The minimum absolute atomic E-state index is 0.0365. The van der Waals surface area contributed by atoms with Crippen LogP contribution in [0.1, 0.15) is 12.6 Å². The maximum Gasteiger partial charge on any atom is 0.416 e. The number of allylic oxidation sites excluding steroid dienone is 1. The summed E-state index contributed by atoms with van der Waals surface area (Å²) in [6.45, 7) is 6.91. The van der Waals surface area contributed by atoms with E-state index in [9.17, 15) is 13.6 Å². The minimum atomic E-state index is -0.942. The zero-order chi connectivity index (χ0) is 21.8. The van der Waals surface area contributed by atoms with Crippen molar-refractivity contribution in [1.29, 1.82) is 0 Å². The first-order valence-corrected chi connectivity index (χ1v) is 9.04. The van der Waals surface area contributed by atoms with Gasteiger partial charge < -0.3 is 15.2 Å². The van der Waals surface area contributed by atoms with Gasteiger partial charge in [-0.2, -0.15) is 0 Å². The lowest BCUT2D eigenvalue weighted by Crippen LogP contribution is -2.13. The lowest BCUT2D eigenvalue weighted by Gasteiger charge is -2.13. The summed E-state index contributed by atoms with van der Waals surface area (Å²) in [4.78, 5) is 20.5. The molecule has 0 aliphatic rings. The van der Waals surface area contributed by atoms with Gasteiger partial charge in [-0.3, -0.25) is 10.3 Å². The molecule has 7 nitrogen and oxygen atoms in total. The molecule has 0 aliphatic heterocycles.